The molecule has 0 radical (unpaired) electrons. The number of hydrogen-bond donors (Lipinski definition) is 0. The van der Waals surface area contributed by atoms with Crippen molar-refractivity contribution in [3.05, 3.63) is 83.0 Å². The fourth-order valence-corrected chi connectivity index (χ4v) is 2.56. The maximum atomic E-state index is 12.4. The van der Waals surface area contributed by atoms with Gasteiger partial charge in [-0.2, -0.15) is 0 Å². The van der Waals surface area contributed by atoms with Gasteiger partial charge < -0.3 is 4.74 Å². The number of aryl methyl sites for hydroxylation is 1. The van der Waals surface area contributed by atoms with Crippen LogP contribution in [0.15, 0.2) is 66.9 Å². The molecule has 23 heavy (non-hydrogen) atoms. The molecule has 1 aromatic heterocycles. The van der Waals surface area contributed by atoms with E-state index in [9.17, 15) is 4.79 Å². The van der Waals surface area contributed by atoms with Crippen molar-refractivity contribution in [1.82, 2.24) is 4.98 Å². The summed E-state index contributed by atoms with van der Waals surface area (Å²) >= 11 is 6.06. The minimum Gasteiger partial charge on any atom is -0.422 e. The topological polar surface area (TPSA) is 39.2 Å². The first kappa shape index (κ1) is 15.3. The molecule has 0 amide bonds. The predicted octanol–water partition coefficient (Wildman–Crippen LogP) is 4.93. The average molecular weight is 324 g/mol. The number of rotatable bonds is 3. The van der Waals surface area contributed by atoms with E-state index < -0.39 is 5.97 Å². The Balaban J connectivity index is 2.00. The summed E-state index contributed by atoms with van der Waals surface area (Å²) < 4.78 is 5.58. The second-order valence-electron chi connectivity index (χ2n) is 5.03. The maximum Gasteiger partial charge on any atom is 0.345 e. The number of benzene rings is 2. The molecule has 0 saturated carbocycles. The molecule has 2 aromatic carbocycles. The number of halogens is 1. The van der Waals surface area contributed by atoms with Crippen LogP contribution in [0.1, 0.15) is 15.9 Å². The highest BCUT2D eigenvalue weighted by atomic mass is 35.5. The van der Waals surface area contributed by atoms with Crippen LogP contribution >= 0.6 is 11.6 Å². The third kappa shape index (κ3) is 3.25. The highest BCUT2D eigenvalue weighted by Gasteiger charge is 2.16. The Hall–Kier alpha value is -2.65. The van der Waals surface area contributed by atoms with Gasteiger partial charge in [-0.05, 0) is 42.8 Å². The quantitative estimate of drug-likeness (QED) is 0.507. The molecule has 0 fully saturated rings. The first-order valence-electron chi connectivity index (χ1n) is 7.14. The second kappa shape index (κ2) is 6.63. The van der Waals surface area contributed by atoms with Gasteiger partial charge in [0.25, 0.3) is 0 Å². The summed E-state index contributed by atoms with van der Waals surface area (Å²) in [5.41, 5.74) is 2.87. The minimum absolute atomic E-state index is 0.336. The van der Waals surface area contributed by atoms with Crippen LogP contribution in [0.2, 0.25) is 5.02 Å². The van der Waals surface area contributed by atoms with E-state index in [2.05, 4.69) is 4.98 Å². The number of carbonyl (C=O) groups excluding carboxylic acids is 1. The van der Waals surface area contributed by atoms with E-state index in [1.165, 1.54) is 0 Å². The van der Waals surface area contributed by atoms with E-state index in [-0.39, 0.29) is 0 Å². The normalized spacial score (nSPS) is 10.3. The van der Waals surface area contributed by atoms with Crippen LogP contribution < -0.4 is 4.74 Å². The van der Waals surface area contributed by atoms with E-state index in [0.717, 1.165) is 16.8 Å². The summed E-state index contributed by atoms with van der Waals surface area (Å²) in [6, 6.07) is 18.0. The van der Waals surface area contributed by atoms with Crippen LogP contribution in [0.5, 0.6) is 5.75 Å². The van der Waals surface area contributed by atoms with Gasteiger partial charge in [-0.1, -0.05) is 41.9 Å². The molecule has 114 valence electrons. The van der Waals surface area contributed by atoms with Crippen molar-refractivity contribution in [3.8, 4) is 17.0 Å². The Morgan fingerprint density at radius 2 is 1.78 bits per heavy atom. The molecule has 0 saturated heterocycles. The van der Waals surface area contributed by atoms with Crippen molar-refractivity contribution in [3.63, 3.8) is 0 Å². The van der Waals surface area contributed by atoms with Crippen molar-refractivity contribution in [2.24, 2.45) is 0 Å². The third-order valence-electron chi connectivity index (χ3n) is 3.45. The molecular formula is C19H14ClNO2. The highest BCUT2D eigenvalue weighted by Crippen LogP contribution is 2.32. The molecule has 0 aliphatic carbocycles. The Morgan fingerprint density at radius 3 is 2.52 bits per heavy atom. The van der Waals surface area contributed by atoms with Gasteiger partial charge in [0.2, 0.25) is 0 Å². The standard InChI is InChI=1S/C19H14ClNO2/c1-13-7-6-11-17(18(13)16-10-4-5-12-21-16)23-19(22)14-8-2-3-9-15(14)20/h2-12H,1H3. The third-order valence-corrected chi connectivity index (χ3v) is 3.78. The van der Waals surface area contributed by atoms with Crippen LogP contribution in [0.4, 0.5) is 0 Å². The Morgan fingerprint density at radius 1 is 1.00 bits per heavy atom. The van der Waals surface area contributed by atoms with Crippen LogP contribution in [-0.2, 0) is 0 Å². The van der Waals surface area contributed by atoms with Gasteiger partial charge in [-0.3, -0.25) is 4.98 Å². The maximum absolute atomic E-state index is 12.4. The molecule has 0 atom stereocenters. The van der Waals surface area contributed by atoms with E-state index in [4.69, 9.17) is 16.3 Å². The summed E-state index contributed by atoms with van der Waals surface area (Å²) in [6.07, 6.45) is 1.71. The molecule has 0 aliphatic rings. The highest BCUT2D eigenvalue weighted by molar-refractivity contribution is 6.33. The largest absolute Gasteiger partial charge is 0.422 e. The monoisotopic (exact) mass is 323 g/mol. The SMILES string of the molecule is Cc1cccc(OC(=O)c2ccccc2Cl)c1-c1ccccn1. The van der Waals surface area contributed by atoms with Crippen molar-refractivity contribution >= 4 is 17.6 Å². The number of nitrogens with zero attached hydrogens (tertiary/aromatic N) is 1. The summed E-state index contributed by atoms with van der Waals surface area (Å²) in [7, 11) is 0. The zero-order valence-electron chi connectivity index (χ0n) is 12.5. The Kier molecular flexibility index (Phi) is 4.40. The van der Waals surface area contributed by atoms with Crippen molar-refractivity contribution in [2.75, 3.05) is 0 Å². The molecule has 1 heterocycles. The van der Waals surface area contributed by atoms with Crippen LogP contribution in [0, 0.1) is 6.92 Å². The lowest BCUT2D eigenvalue weighted by molar-refractivity contribution is 0.0735. The summed E-state index contributed by atoms with van der Waals surface area (Å²) in [4.78, 5) is 16.8. The first-order chi connectivity index (χ1) is 11.2. The molecule has 3 rings (SSSR count). The Labute approximate surface area is 139 Å². The van der Waals surface area contributed by atoms with Gasteiger partial charge in [0.05, 0.1) is 16.3 Å². The predicted molar refractivity (Wildman–Crippen MR) is 90.8 cm³/mol. The van der Waals surface area contributed by atoms with E-state index in [0.29, 0.717) is 16.3 Å². The van der Waals surface area contributed by atoms with Crippen LogP contribution in [0.25, 0.3) is 11.3 Å². The number of hydrogen-bond acceptors (Lipinski definition) is 3. The number of ether oxygens (including phenoxy) is 1. The van der Waals surface area contributed by atoms with Gasteiger partial charge in [-0.25, -0.2) is 4.79 Å². The van der Waals surface area contributed by atoms with Crippen molar-refractivity contribution in [2.45, 2.75) is 6.92 Å². The van der Waals surface area contributed by atoms with E-state index >= 15 is 0 Å². The van der Waals surface area contributed by atoms with E-state index in [1.54, 1.807) is 36.5 Å². The molecule has 3 aromatic rings. The molecule has 0 unspecified atom stereocenters. The van der Waals surface area contributed by atoms with Gasteiger partial charge >= 0.3 is 5.97 Å². The summed E-state index contributed by atoms with van der Waals surface area (Å²) in [5.74, 6) is -0.0213. The average Bonchev–Trinajstić information content (AvgIpc) is 2.56. The lowest BCUT2D eigenvalue weighted by Gasteiger charge is -2.12. The lowest BCUT2D eigenvalue weighted by atomic mass is 10.0. The molecular weight excluding hydrogens is 310 g/mol. The smallest absolute Gasteiger partial charge is 0.345 e. The summed E-state index contributed by atoms with van der Waals surface area (Å²) in [6.45, 7) is 1.96. The van der Waals surface area contributed by atoms with Crippen molar-refractivity contribution in [1.29, 1.82) is 0 Å². The van der Waals surface area contributed by atoms with Gasteiger partial charge in [0.1, 0.15) is 5.75 Å². The fraction of sp³-hybridized carbons (Fsp3) is 0.0526. The molecule has 0 aliphatic heterocycles. The van der Waals surface area contributed by atoms with Crippen molar-refractivity contribution < 1.29 is 9.53 Å². The Bertz CT molecular complexity index is 847. The van der Waals surface area contributed by atoms with Crippen LogP contribution in [-0.4, -0.2) is 11.0 Å². The van der Waals surface area contributed by atoms with Crippen LogP contribution in [0.3, 0.4) is 0 Å². The fourth-order valence-electron chi connectivity index (χ4n) is 2.35. The summed E-state index contributed by atoms with van der Waals surface area (Å²) in [5, 5.41) is 0.365. The molecule has 0 N–H and O–H groups in total. The lowest BCUT2D eigenvalue weighted by Crippen LogP contribution is -2.10. The molecule has 0 bridgehead atoms. The minimum atomic E-state index is -0.488. The number of aromatic nitrogens is 1. The molecule has 3 nitrogen and oxygen atoms in total. The molecule has 4 heteroatoms. The first-order valence-corrected chi connectivity index (χ1v) is 7.52. The number of esters is 1. The van der Waals surface area contributed by atoms with Gasteiger partial charge in [0, 0.05) is 11.8 Å². The zero-order valence-corrected chi connectivity index (χ0v) is 13.2. The van der Waals surface area contributed by atoms with Gasteiger partial charge in [-0.15, -0.1) is 0 Å². The van der Waals surface area contributed by atoms with E-state index in [1.807, 2.05) is 37.3 Å². The van der Waals surface area contributed by atoms with Gasteiger partial charge in [0.15, 0.2) is 0 Å². The number of carbonyl (C=O) groups is 1. The molecule has 0 spiro atoms. The number of pyridine rings is 1. The second-order valence-corrected chi connectivity index (χ2v) is 5.44. The zero-order chi connectivity index (χ0) is 16.2.